The van der Waals surface area contributed by atoms with E-state index in [1.54, 1.807) is 19.2 Å². The summed E-state index contributed by atoms with van der Waals surface area (Å²) >= 11 is 0. The van der Waals surface area contributed by atoms with Crippen molar-refractivity contribution in [3.8, 4) is 23.0 Å². The quantitative estimate of drug-likeness (QED) is 0.331. The molecule has 4 rings (SSSR count). The molecule has 0 radical (unpaired) electrons. The third kappa shape index (κ3) is 5.65. The van der Waals surface area contributed by atoms with Crippen molar-refractivity contribution in [3.05, 3.63) is 89.8 Å². The summed E-state index contributed by atoms with van der Waals surface area (Å²) in [6.45, 7) is -1.02. The van der Waals surface area contributed by atoms with Gasteiger partial charge in [0.15, 0.2) is 0 Å². The van der Waals surface area contributed by atoms with Gasteiger partial charge in [0.25, 0.3) is 0 Å². The number of anilines is 1. The number of nitrogens with one attached hydrogen (secondary N) is 1. The molecule has 0 saturated heterocycles. The summed E-state index contributed by atoms with van der Waals surface area (Å²) in [6.07, 6.45) is 0.453. The van der Waals surface area contributed by atoms with Gasteiger partial charge in [-0.05, 0) is 55.0 Å². The topological polar surface area (TPSA) is 69.4 Å². The Balaban J connectivity index is 1.52. The molecule has 1 atom stereocenters. The molecular formula is C25H23F2N3O3. The van der Waals surface area contributed by atoms with Gasteiger partial charge in [-0.15, -0.1) is 10.2 Å². The number of nitrogens with zero attached hydrogens (tertiary/aromatic N) is 2. The minimum absolute atomic E-state index is 0.145. The fraction of sp³-hybridized carbons (Fsp3) is 0.200. The molecule has 170 valence electrons. The Morgan fingerprint density at radius 3 is 2.42 bits per heavy atom. The van der Waals surface area contributed by atoms with E-state index in [-0.39, 0.29) is 11.8 Å². The Labute approximate surface area is 190 Å². The van der Waals surface area contributed by atoms with Gasteiger partial charge in [-0.3, -0.25) is 0 Å². The highest BCUT2D eigenvalue weighted by molar-refractivity contribution is 5.55. The molecular weight excluding hydrogens is 428 g/mol. The Kier molecular flexibility index (Phi) is 6.83. The second-order valence-corrected chi connectivity index (χ2v) is 7.40. The summed E-state index contributed by atoms with van der Waals surface area (Å²) in [5.41, 5.74) is 3.13. The number of hydrogen-bond acceptors (Lipinski definition) is 6. The highest BCUT2D eigenvalue weighted by Gasteiger charge is 2.17. The van der Waals surface area contributed by atoms with Crippen LogP contribution in [0.2, 0.25) is 0 Å². The molecule has 0 bridgehead atoms. The molecule has 33 heavy (non-hydrogen) atoms. The SMILES string of the molecule is COc1ccc(-c2nnc(C(C)Nc3ccc(OC(F)F)c(Cc4ccccc4)c3)o2)cc1. The number of halogens is 2. The fourth-order valence-electron chi connectivity index (χ4n) is 3.41. The number of ether oxygens (including phenoxy) is 2. The molecule has 6 nitrogen and oxygen atoms in total. The van der Waals surface area contributed by atoms with Crippen LogP contribution in [-0.4, -0.2) is 23.9 Å². The number of hydrogen-bond donors (Lipinski definition) is 1. The molecule has 0 amide bonds. The molecule has 4 aromatic rings. The maximum absolute atomic E-state index is 12.9. The first-order valence-corrected chi connectivity index (χ1v) is 10.4. The zero-order chi connectivity index (χ0) is 23.2. The number of methoxy groups -OCH3 is 1. The minimum Gasteiger partial charge on any atom is -0.497 e. The van der Waals surface area contributed by atoms with Gasteiger partial charge in [0.2, 0.25) is 11.8 Å². The second-order valence-electron chi connectivity index (χ2n) is 7.40. The van der Waals surface area contributed by atoms with Crippen LogP contribution in [0, 0.1) is 0 Å². The van der Waals surface area contributed by atoms with Crippen molar-refractivity contribution in [2.45, 2.75) is 26.0 Å². The summed E-state index contributed by atoms with van der Waals surface area (Å²) in [5.74, 6) is 1.68. The Morgan fingerprint density at radius 2 is 1.73 bits per heavy atom. The van der Waals surface area contributed by atoms with Crippen LogP contribution in [0.15, 0.2) is 77.2 Å². The van der Waals surface area contributed by atoms with Crippen molar-refractivity contribution in [2.75, 3.05) is 12.4 Å². The maximum atomic E-state index is 12.9. The Hall–Kier alpha value is -3.94. The van der Waals surface area contributed by atoms with Gasteiger partial charge >= 0.3 is 6.61 Å². The van der Waals surface area contributed by atoms with Crippen LogP contribution >= 0.6 is 0 Å². The number of alkyl halides is 2. The molecule has 1 unspecified atom stereocenters. The molecule has 0 fully saturated rings. The van der Waals surface area contributed by atoms with Gasteiger partial charge in [0, 0.05) is 23.2 Å². The molecule has 0 aliphatic carbocycles. The summed E-state index contributed by atoms with van der Waals surface area (Å²) < 4.78 is 41.5. The van der Waals surface area contributed by atoms with Gasteiger partial charge in [-0.25, -0.2) is 0 Å². The van der Waals surface area contributed by atoms with Crippen molar-refractivity contribution in [3.63, 3.8) is 0 Å². The van der Waals surface area contributed by atoms with Crippen molar-refractivity contribution in [2.24, 2.45) is 0 Å². The van der Waals surface area contributed by atoms with Gasteiger partial charge in [0.05, 0.1) is 7.11 Å². The molecule has 0 aliphatic heterocycles. The van der Waals surface area contributed by atoms with Crippen LogP contribution in [-0.2, 0) is 6.42 Å². The lowest BCUT2D eigenvalue weighted by Gasteiger charge is -2.16. The highest BCUT2D eigenvalue weighted by atomic mass is 19.3. The van der Waals surface area contributed by atoms with Crippen LogP contribution in [0.25, 0.3) is 11.5 Å². The van der Waals surface area contributed by atoms with Crippen molar-refractivity contribution < 1.29 is 22.7 Å². The van der Waals surface area contributed by atoms with Crippen LogP contribution in [0.5, 0.6) is 11.5 Å². The van der Waals surface area contributed by atoms with E-state index in [0.29, 0.717) is 23.8 Å². The number of aromatic nitrogens is 2. The molecule has 0 spiro atoms. The van der Waals surface area contributed by atoms with Gasteiger partial charge in [-0.2, -0.15) is 8.78 Å². The van der Waals surface area contributed by atoms with E-state index >= 15 is 0 Å². The molecule has 8 heteroatoms. The molecule has 1 heterocycles. The summed E-state index contributed by atoms with van der Waals surface area (Å²) in [6, 6.07) is 21.6. The minimum atomic E-state index is -2.90. The van der Waals surface area contributed by atoms with E-state index in [0.717, 1.165) is 22.6 Å². The van der Waals surface area contributed by atoms with E-state index in [2.05, 4.69) is 15.5 Å². The average molecular weight is 451 g/mol. The number of rotatable bonds is 9. The Bertz CT molecular complexity index is 1180. The summed E-state index contributed by atoms with van der Waals surface area (Å²) in [7, 11) is 1.60. The predicted molar refractivity (Wildman–Crippen MR) is 121 cm³/mol. The van der Waals surface area contributed by atoms with Crippen molar-refractivity contribution in [1.29, 1.82) is 0 Å². The maximum Gasteiger partial charge on any atom is 0.387 e. The van der Waals surface area contributed by atoms with E-state index in [4.69, 9.17) is 13.9 Å². The van der Waals surface area contributed by atoms with Gasteiger partial charge in [-0.1, -0.05) is 30.3 Å². The van der Waals surface area contributed by atoms with E-state index in [9.17, 15) is 8.78 Å². The molecule has 0 aliphatic rings. The van der Waals surface area contributed by atoms with Gasteiger partial charge < -0.3 is 19.2 Å². The van der Waals surface area contributed by atoms with Crippen LogP contribution in [0.4, 0.5) is 14.5 Å². The predicted octanol–water partition coefficient (Wildman–Crippen LogP) is 6.11. The lowest BCUT2D eigenvalue weighted by molar-refractivity contribution is -0.0503. The van der Waals surface area contributed by atoms with E-state index in [1.165, 1.54) is 6.07 Å². The zero-order valence-corrected chi connectivity index (χ0v) is 18.2. The van der Waals surface area contributed by atoms with Crippen molar-refractivity contribution in [1.82, 2.24) is 10.2 Å². The lowest BCUT2D eigenvalue weighted by atomic mass is 10.0. The lowest BCUT2D eigenvalue weighted by Crippen LogP contribution is -2.09. The summed E-state index contributed by atoms with van der Waals surface area (Å²) in [5, 5.41) is 11.6. The van der Waals surface area contributed by atoms with Gasteiger partial charge in [0.1, 0.15) is 17.5 Å². The molecule has 1 N–H and O–H groups in total. The number of benzene rings is 3. The second kappa shape index (κ2) is 10.1. The molecule has 0 saturated carbocycles. The normalized spacial score (nSPS) is 11.9. The monoisotopic (exact) mass is 451 g/mol. The first-order valence-electron chi connectivity index (χ1n) is 10.4. The third-order valence-electron chi connectivity index (χ3n) is 5.05. The standard InChI is InChI=1S/C25H23F2N3O3/c1-16(23-29-30-24(33-23)18-8-11-21(31-2)12-9-18)28-20-10-13-22(32-25(26)27)19(15-20)14-17-6-4-3-5-7-17/h3-13,15-16,25,28H,14H2,1-2H3. The van der Waals surface area contributed by atoms with Crippen molar-refractivity contribution >= 4 is 5.69 Å². The zero-order valence-electron chi connectivity index (χ0n) is 18.2. The van der Waals surface area contributed by atoms with E-state index < -0.39 is 6.61 Å². The third-order valence-corrected chi connectivity index (χ3v) is 5.05. The highest BCUT2D eigenvalue weighted by Crippen LogP contribution is 2.29. The first kappa shape index (κ1) is 22.3. The van der Waals surface area contributed by atoms with Crippen LogP contribution in [0.3, 0.4) is 0 Å². The molecule has 3 aromatic carbocycles. The largest absolute Gasteiger partial charge is 0.497 e. The fourth-order valence-corrected chi connectivity index (χ4v) is 3.41. The first-order chi connectivity index (χ1) is 16.0. The summed E-state index contributed by atoms with van der Waals surface area (Å²) in [4.78, 5) is 0. The molecule has 1 aromatic heterocycles. The Morgan fingerprint density at radius 1 is 0.970 bits per heavy atom. The average Bonchev–Trinajstić information content (AvgIpc) is 3.32. The van der Waals surface area contributed by atoms with Crippen LogP contribution in [0.1, 0.15) is 30.0 Å². The smallest absolute Gasteiger partial charge is 0.387 e. The van der Waals surface area contributed by atoms with Crippen LogP contribution < -0.4 is 14.8 Å². The van der Waals surface area contributed by atoms with E-state index in [1.807, 2.05) is 61.5 Å².